The normalized spacial score (nSPS) is 20.2. The molecule has 0 bridgehead atoms. The number of rotatable bonds is 4. The van der Waals surface area contributed by atoms with Gasteiger partial charge in [-0.05, 0) is 24.7 Å². The lowest BCUT2D eigenvalue weighted by molar-refractivity contribution is 0.0727. The Labute approximate surface area is 116 Å². The van der Waals surface area contributed by atoms with Gasteiger partial charge in [0.25, 0.3) is 0 Å². The highest BCUT2D eigenvalue weighted by molar-refractivity contribution is 9.10. The molecule has 2 N–H and O–H groups in total. The molecule has 1 atom stereocenters. The molecule has 0 saturated carbocycles. The number of hydrogen-bond donors (Lipinski definition) is 2. The van der Waals surface area contributed by atoms with Gasteiger partial charge in [0.15, 0.2) is 0 Å². The molecule has 0 aromatic heterocycles. The topological polar surface area (TPSA) is 44.7 Å². The number of hydrogen-bond acceptors (Lipinski definition) is 4. The Morgan fingerprint density at radius 3 is 3.06 bits per heavy atom. The predicted molar refractivity (Wildman–Crippen MR) is 75.9 cm³/mol. The van der Waals surface area contributed by atoms with Gasteiger partial charge in [-0.3, -0.25) is 0 Å². The van der Waals surface area contributed by atoms with Gasteiger partial charge in [0, 0.05) is 23.2 Å². The van der Waals surface area contributed by atoms with Crippen LogP contribution in [0.3, 0.4) is 0 Å². The summed E-state index contributed by atoms with van der Waals surface area (Å²) < 4.78 is 6.49. The van der Waals surface area contributed by atoms with E-state index in [-0.39, 0.29) is 12.6 Å². The maximum atomic E-state index is 9.39. The zero-order chi connectivity index (χ0) is 13.0. The van der Waals surface area contributed by atoms with Crippen molar-refractivity contribution in [2.45, 2.75) is 12.6 Å². The number of aliphatic hydroxyl groups is 1. The zero-order valence-electron chi connectivity index (χ0n) is 10.5. The fourth-order valence-corrected chi connectivity index (χ4v) is 2.70. The third kappa shape index (κ3) is 3.03. The van der Waals surface area contributed by atoms with Crippen molar-refractivity contribution in [1.82, 2.24) is 5.32 Å². The van der Waals surface area contributed by atoms with Crippen molar-refractivity contribution in [3.8, 4) is 0 Å². The molecule has 4 nitrogen and oxygen atoms in total. The number of benzene rings is 1. The van der Waals surface area contributed by atoms with Gasteiger partial charge in [0.1, 0.15) is 0 Å². The molecular formula is C13H19BrN2O2. The van der Waals surface area contributed by atoms with Gasteiger partial charge in [-0.15, -0.1) is 0 Å². The highest BCUT2D eigenvalue weighted by Crippen LogP contribution is 2.26. The van der Waals surface area contributed by atoms with Gasteiger partial charge in [0.05, 0.1) is 25.9 Å². The second-order valence-corrected chi connectivity index (χ2v) is 5.27. The molecule has 18 heavy (non-hydrogen) atoms. The summed E-state index contributed by atoms with van der Waals surface area (Å²) in [5, 5.41) is 12.5. The van der Waals surface area contributed by atoms with Gasteiger partial charge in [-0.1, -0.05) is 22.0 Å². The summed E-state index contributed by atoms with van der Waals surface area (Å²) in [4.78, 5) is 2.21. The van der Waals surface area contributed by atoms with Gasteiger partial charge >= 0.3 is 0 Å². The maximum Gasteiger partial charge on any atom is 0.0755 e. The van der Waals surface area contributed by atoms with Crippen LogP contribution in [-0.4, -0.2) is 44.6 Å². The zero-order valence-corrected chi connectivity index (χ0v) is 12.1. The molecule has 1 saturated heterocycles. The van der Waals surface area contributed by atoms with Crippen molar-refractivity contribution in [1.29, 1.82) is 0 Å². The van der Waals surface area contributed by atoms with Crippen molar-refractivity contribution < 1.29 is 9.84 Å². The molecule has 1 fully saturated rings. The molecule has 1 unspecified atom stereocenters. The van der Waals surface area contributed by atoms with E-state index in [4.69, 9.17) is 4.74 Å². The fraction of sp³-hybridized carbons (Fsp3) is 0.538. The van der Waals surface area contributed by atoms with Crippen LogP contribution < -0.4 is 10.2 Å². The molecule has 1 heterocycles. The SMILES string of the molecule is CNCc1ccc(N2CCOCC2CO)cc1Br. The van der Waals surface area contributed by atoms with Crippen molar-refractivity contribution in [3.63, 3.8) is 0 Å². The Kier molecular flexibility index (Phi) is 5.00. The van der Waals surface area contributed by atoms with Crippen LogP contribution in [0.1, 0.15) is 5.56 Å². The van der Waals surface area contributed by atoms with E-state index in [0.29, 0.717) is 13.2 Å². The summed E-state index contributed by atoms with van der Waals surface area (Å²) in [6.45, 7) is 3.09. The first-order chi connectivity index (χ1) is 8.76. The smallest absolute Gasteiger partial charge is 0.0755 e. The monoisotopic (exact) mass is 314 g/mol. The molecule has 0 aliphatic carbocycles. The number of nitrogens with zero attached hydrogens (tertiary/aromatic N) is 1. The lowest BCUT2D eigenvalue weighted by atomic mass is 10.1. The Hall–Kier alpha value is -0.620. The second-order valence-electron chi connectivity index (χ2n) is 4.41. The summed E-state index contributed by atoms with van der Waals surface area (Å²) in [5.41, 5.74) is 2.36. The molecule has 5 heteroatoms. The lowest BCUT2D eigenvalue weighted by Crippen LogP contribution is -2.47. The van der Waals surface area contributed by atoms with Crippen LogP contribution in [0.25, 0.3) is 0 Å². The minimum atomic E-state index is 0.0563. The third-order valence-electron chi connectivity index (χ3n) is 3.17. The number of anilines is 1. The minimum absolute atomic E-state index is 0.0563. The lowest BCUT2D eigenvalue weighted by Gasteiger charge is -2.36. The molecule has 1 aliphatic rings. The van der Waals surface area contributed by atoms with Crippen LogP contribution in [0.4, 0.5) is 5.69 Å². The Morgan fingerprint density at radius 1 is 1.56 bits per heavy atom. The first-order valence-corrected chi connectivity index (χ1v) is 6.94. The standard InChI is InChI=1S/C13H19BrN2O2/c1-15-7-10-2-3-11(6-13(10)14)16-4-5-18-9-12(16)8-17/h2-3,6,12,15,17H,4-5,7-9H2,1H3. The van der Waals surface area contributed by atoms with Crippen LogP contribution in [0, 0.1) is 0 Å². The van der Waals surface area contributed by atoms with E-state index in [1.54, 1.807) is 0 Å². The molecule has 1 aromatic rings. The second kappa shape index (κ2) is 6.52. The van der Waals surface area contributed by atoms with Crippen molar-refractivity contribution >= 4 is 21.6 Å². The summed E-state index contributed by atoms with van der Waals surface area (Å²) in [6, 6.07) is 6.38. The molecule has 0 amide bonds. The number of nitrogens with one attached hydrogen (secondary N) is 1. The van der Waals surface area contributed by atoms with Crippen LogP contribution in [0.5, 0.6) is 0 Å². The van der Waals surface area contributed by atoms with E-state index < -0.39 is 0 Å². The first kappa shape index (κ1) is 13.8. The molecule has 1 aromatic carbocycles. The summed E-state index contributed by atoms with van der Waals surface area (Å²) in [5.74, 6) is 0. The van der Waals surface area contributed by atoms with E-state index in [2.05, 4.69) is 44.3 Å². The number of halogens is 1. The molecule has 0 radical (unpaired) electrons. The van der Waals surface area contributed by atoms with Crippen molar-refractivity contribution in [3.05, 3.63) is 28.2 Å². The molecular weight excluding hydrogens is 296 g/mol. The van der Waals surface area contributed by atoms with Crippen molar-refractivity contribution in [2.24, 2.45) is 0 Å². The molecule has 1 aliphatic heterocycles. The van der Waals surface area contributed by atoms with Gasteiger partial charge < -0.3 is 20.1 Å². The number of morpholine rings is 1. The van der Waals surface area contributed by atoms with E-state index in [1.807, 2.05) is 7.05 Å². The van der Waals surface area contributed by atoms with Crippen LogP contribution in [0.2, 0.25) is 0 Å². The Balaban J connectivity index is 2.19. The quantitative estimate of drug-likeness (QED) is 0.881. The Bertz CT molecular complexity index is 401. The minimum Gasteiger partial charge on any atom is -0.394 e. The third-order valence-corrected chi connectivity index (χ3v) is 3.91. The number of ether oxygens (including phenoxy) is 1. The largest absolute Gasteiger partial charge is 0.394 e. The first-order valence-electron chi connectivity index (χ1n) is 6.14. The summed E-state index contributed by atoms with van der Waals surface area (Å²) in [7, 11) is 1.93. The molecule has 100 valence electrons. The van der Waals surface area contributed by atoms with Crippen molar-refractivity contribution in [2.75, 3.05) is 38.3 Å². The highest BCUT2D eigenvalue weighted by Gasteiger charge is 2.22. The van der Waals surface area contributed by atoms with E-state index in [1.165, 1.54) is 5.56 Å². The van der Waals surface area contributed by atoms with Crippen LogP contribution in [-0.2, 0) is 11.3 Å². The summed E-state index contributed by atoms with van der Waals surface area (Å²) in [6.07, 6.45) is 0. The van der Waals surface area contributed by atoms with Gasteiger partial charge in [-0.25, -0.2) is 0 Å². The molecule has 0 spiro atoms. The summed E-state index contributed by atoms with van der Waals surface area (Å²) >= 11 is 3.60. The maximum absolute atomic E-state index is 9.39. The van der Waals surface area contributed by atoms with Crippen LogP contribution in [0.15, 0.2) is 22.7 Å². The average Bonchev–Trinajstić information content (AvgIpc) is 2.41. The van der Waals surface area contributed by atoms with E-state index >= 15 is 0 Å². The number of aliphatic hydroxyl groups excluding tert-OH is 1. The van der Waals surface area contributed by atoms with E-state index in [0.717, 1.165) is 23.2 Å². The Morgan fingerprint density at radius 2 is 2.39 bits per heavy atom. The van der Waals surface area contributed by atoms with E-state index in [9.17, 15) is 5.11 Å². The van der Waals surface area contributed by atoms with Gasteiger partial charge in [0.2, 0.25) is 0 Å². The molecule has 2 rings (SSSR count). The predicted octanol–water partition coefficient (Wildman–Crippen LogP) is 1.37. The fourth-order valence-electron chi connectivity index (χ4n) is 2.19. The highest BCUT2D eigenvalue weighted by atomic mass is 79.9. The average molecular weight is 315 g/mol. The van der Waals surface area contributed by atoms with Crippen LogP contribution >= 0.6 is 15.9 Å². The van der Waals surface area contributed by atoms with Gasteiger partial charge in [-0.2, -0.15) is 0 Å².